The molecule has 1 N–H and O–H groups in total. The Kier molecular flexibility index (Phi) is 3.37. The van der Waals surface area contributed by atoms with Gasteiger partial charge in [-0.1, -0.05) is 0 Å². The van der Waals surface area contributed by atoms with Gasteiger partial charge >= 0.3 is 0 Å². The van der Waals surface area contributed by atoms with Crippen LogP contribution in [0, 0.1) is 0 Å². The molecule has 1 amide bonds. The molecule has 0 unspecified atom stereocenters. The van der Waals surface area contributed by atoms with Gasteiger partial charge in [-0.2, -0.15) is 0 Å². The lowest BCUT2D eigenvalue weighted by Crippen LogP contribution is -2.06. The number of nitrogens with zero attached hydrogens (tertiary/aromatic N) is 1. The Hall–Kier alpha value is -2.62. The molecule has 0 spiro atoms. The summed E-state index contributed by atoms with van der Waals surface area (Å²) in [6, 6.07) is 8.05. The largest absolute Gasteiger partial charge is 0.496 e. The highest BCUT2D eigenvalue weighted by molar-refractivity contribution is 6.34. The van der Waals surface area contributed by atoms with Crippen LogP contribution in [-0.4, -0.2) is 18.0 Å². The molecule has 2 heterocycles. The molecule has 4 heteroatoms. The second-order valence-corrected chi connectivity index (χ2v) is 5.98. The maximum Gasteiger partial charge on any atom is 0.257 e. The van der Waals surface area contributed by atoms with Crippen molar-refractivity contribution in [2.45, 2.75) is 25.7 Å². The third kappa shape index (κ3) is 2.40. The number of aromatic nitrogens is 1. The van der Waals surface area contributed by atoms with Crippen molar-refractivity contribution in [2.75, 3.05) is 12.4 Å². The number of carbonyl (C=O) groups is 1. The number of nitrogens with one attached hydrogen (secondary N) is 1. The molecule has 2 aliphatic rings. The molecule has 4 rings (SSSR count). The molecule has 23 heavy (non-hydrogen) atoms. The van der Waals surface area contributed by atoms with Gasteiger partial charge in [0.1, 0.15) is 11.6 Å². The molecule has 1 aromatic carbocycles. The van der Waals surface area contributed by atoms with Crippen molar-refractivity contribution in [3.8, 4) is 5.75 Å². The minimum Gasteiger partial charge on any atom is -0.496 e. The van der Waals surface area contributed by atoms with Crippen LogP contribution >= 0.6 is 0 Å². The summed E-state index contributed by atoms with van der Waals surface area (Å²) in [5.74, 6) is 1.34. The Bertz CT molecular complexity index is 824. The number of carbonyl (C=O) groups excluding carboxylic acids is 1. The molecule has 0 saturated carbocycles. The van der Waals surface area contributed by atoms with Gasteiger partial charge in [-0.3, -0.25) is 4.79 Å². The van der Waals surface area contributed by atoms with Gasteiger partial charge in [0, 0.05) is 17.3 Å². The van der Waals surface area contributed by atoms with Crippen molar-refractivity contribution in [1.82, 2.24) is 4.98 Å². The second kappa shape index (κ2) is 5.54. The van der Waals surface area contributed by atoms with Crippen molar-refractivity contribution >= 4 is 23.4 Å². The van der Waals surface area contributed by atoms with Crippen molar-refractivity contribution in [1.29, 1.82) is 0 Å². The first-order valence-corrected chi connectivity index (χ1v) is 7.94. The summed E-state index contributed by atoms with van der Waals surface area (Å²) in [5, 5.41) is 2.81. The first-order valence-electron chi connectivity index (χ1n) is 7.94. The van der Waals surface area contributed by atoms with Crippen LogP contribution in [0.5, 0.6) is 5.75 Å². The quantitative estimate of drug-likeness (QED) is 0.864. The zero-order chi connectivity index (χ0) is 15.8. The molecular weight excluding hydrogens is 288 g/mol. The standard InChI is InChI=1S/C19H18N2O2/c1-23-17-11-13-6-3-2-5-12(13)9-14(17)10-16-15-7-4-8-20-18(15)21-19(16)22/h4,7-11H,2-3,5-6H2,1H3,(H,20,21,22). The summed E-state index contributed by atoms with van der Waals surface area (Å²) in [7, 11) is 1.68. The minimum atomic E-state index is -0.113. The number of anilines is 1. The number of rotatable bonds is 2. The molecule has 0 fully saturated rings. The van der Waals surface area contributed by atoms with Crippen LogP contribution < -0.4 is 10.1 Å². The van der Waals surface area contributed by atoms with Gasteiger partial charge in [-0.05, 0) is 67.2 Å². The first kappa shape index (κ1) is 14.0. The Labute approximate surface area is 135 Å². The SMILES string of the molecule is COc1cc2c(cc1C=C1C(=O)Nc3ncccc31)CCCC2. The molecule has 0 atom stereocenters. The number of hydrogen-bond donors (Lipinski definition) is 1. The number of fused-ring (bicyclic) bond motifs is 2. The lowest BCUT2D eigenvalue weighted by Gasteiger charge is -2.18. The van der Waals surface area contributed by atoms with E-state index in [9.17, 15) is 4.79 Å². The minimum absolute atomic E-state index is 0.113. The predicted octanol–water partition coefficient (Wildman–Crippen LogP) is 3.46. The van der Waals surface area contributed by atoms with E-state index in [4.69, 9.17) is 4.74 Å². The number of benzene rings is 1. The topological polar surface area (TPSA) is 51.2 Å². The molecule has 4 nitrogen and oxygen atoms in total. The molecule has 0 bridgehead atoms. The van der Waals surface area contributed by atoms with E-state index in [0.717, 1.165) is 29.7 Å². The van der Waals surface area contributed by atoms with E-state index in [1.54, 1.807) is 13.3 Å². The van der Waals surface area contributed by atoms with Crippen LogP contribution in [0.3, 0.4) is 0 Å². The van der Waals surface area contributed by atoms with Gasteiger partial charge in [-0.15, -0.1) is 0 Å². The van der Waals surface area contributed by atoms with E-state index in [1.807, 2.05) is 18.2 Å². The number of methoxy groups -OCH3 is 1. The summed E-state index contributed by atoms with van der Waals surface area (Å²) < 4.78 is 5.55. The average Bonchev–Trinajstić information content (AvgIpc) is 2.90. The molecule has 2 aromatic rings. The van der Waals surface area contributed by atoms with Crippen molar-refractivity contribution in [3.05, 3.63) is 52.7 Å². The third-order valence-electron chi connectivity index (χ3n) is 4.57. The summed E-state index contributed by atoms with van der Waals surface area (Å²) in [6.07, 6.45) is 8.26. The van der Waals surface area contributed by atoms with E-state index < -0.39 is 0 Å². The van der Waals surface area contributed by atoms with Crippen LogP contribution in [0.4, 0.5) is 5.82 Å². The number of aryl methyl sites for hydroxylation is 2. The van der Waals surface area contributed by atoms with E-state index >= 15 is 0 Å². The average molecular weight is 306 g/mol. The maximum absolute atomic E-state index is 12.3. The Morgan fingerprint density at radius 2 is 2.00 bits per heavy atom. The zero-order valence-electron chi connectivity index (χ0n) is 13.1. The Morgan fingerprint density at radius 3 is 2.78 bits per heavy atom. The van der Waals surface area contributed by atoms with E-state index in [-0.39, 0.29) is 5.91 Å². The molecule has 0 radical (unpaired) electrons. The zero-order valence-corrected chi connectivity index (χ0v) is 13.1. The highest BCUT2D eigenvalue weighted by Gasteiger charge is 2.25. The third-order valence-corrected chi connectivity index (χ3v) is 4.57. The molecular formula is C19H18N2O2. The predicted molar refractivity (Wildman–Crippen MR) is 90.4 cm³/mol. The van der Waals surface area contributed by atoms with Gasteiger partial charge in [-0.25, -0.2) is 4.98 Å². The van der Waals surface area contributed by atoms with Gasteiger partial charge in [0.25, 0.3) is 5.91 Å². The van der Waals surface area contributed by atoms with Crippen LogP contribution in [0.1, 0.15) is 35.1 Å². The summed E-state index contributed by atoms with van der Waals surface area (Å²) >= 11 is 0. The van der Waals surface area contributed by atoms with Crippen LogP contribution in [0.25, 0.3) is 11.6 Å². The lowest BCUT2D eigenvalue weighted by molar-refractivity contribution is -0.110. The van der Waals surface area contributed by atoms with Gasteiger partial charge < -0.3 is 10.1 Å². The molecule has 1 aliphatic carbocycles. The summed E-state index contributed by atoms with van der Waals surface area (Å²) in [4.78, 5) is 16.5. The molecule has 0 saturated heterocycles. The first-order chi connectivity index (χ1) is 11.3. The number of ether oxygens (including phenoxy) is 1. The molecule has 1 aliphatic heterocycles. The van der Waals surface area contributed by atoms with E-state index in [0.29, 0.717) is 11.4 Å². The maximum atomic E-state index is 12.3. The van der Waals surface area contributed by atoms with Crippen LogP contribution in [0.15, 0.2) is 30.5 Å². The monoisotopic (exact) mass is 306 g/mol. The normalized spacial score (nSPS) is 17.6. The van der Waals surface area contributed by atoms with Gasteiger partial charge in [0.15, 0.2) is 0 Å². The Morgan fingerprint density at radius 1 is 1.22 bits per heavy atom. The second-order valence-electron chi connectivity index (χ2n) is 5.98. The fourth-order valence-electron chi connectivity index (χ4n) is 3.39. The van der Waals surface area contributed by atoms with Gasteiger partial charge in [0.2, 0.25) is 0 Å². The number of hydrogen-bond acceptors (Lipinski definition) is 3. The van der Waals surface area contributed by atoms with Crippen molar-refractivity contribution in [3.63, 3.8) is 0 Å². The fourth-order valence-corrected chi connectivity index (χ4v) is 3.39. The van der Waals surface area contributed by atoms with E-state index in [1.165, 1.54) is 24.0 Å². The highest BCUT2D eigenvalue weighted by Crippen LogP contribution is 2.35. The highest BCUT2D eigenvalue weighted by atomic mass is 16.5. The smallest absolute Gasteiger partial charge is 0.257 e. The van der Waals surface area contributed by atoms with E-state index in [2.05, 4.69) is 22.4 Å². The van der Waals surface area contributed by atoms with Crippen molar-refractivity contribution in [2.24, 2.45) is 0 Å². The van der Waals surface area contributed by atoms with Crippen molar-refractivity contribution < 1.29 is 9.53 Å². The number of amides is 1. The van der Waals surface area contributed by atoms with Crippen LogP contribution in [0.2, 0.25) is 0 Å². The van der Waals surface area contributed by atoms with Crippen LogP contribution in [-0.2, 0) is 17.6 Å². The number of pyridine rings is 1. The van der Waals surface area contributed by atoms with Gasteiger partial charge in [0.05, 0.1) is 12.7 Å². The molecule has 116 valence electrons. The summed E-state index contributed by atoms with van der Waals surface area (Å²) in [6.45, 7) is 0. The lowest BCUT2D eigenvalue weighted by atomic mass is 9.89. The molecule has 1 aromatic heterocycles. The Balaban J connectivity index is 1.83. The fraction of sp³-hybridized carbons (Fsp3) is 0.263. The summed E-state index contributed by atoms with van der Waals surface area (Å²) in [5.41, 5.74) is 5.18.